The van der Waals surface area contributed by atoms with Crippen molar-refractivity contribution in [1.29, 1.82) is 0 Å². The Morgan fingerprint density at radius 3 is 2.50 bits per heavy atom. The van der Waals surface area contributed by atoms with Crippen molar-refractivity contribution in [2.24, 2.45) is 4.99 Å². The minimum absolute atomic E-state index is 0.0687. The van der Waals surface area contributed by atoms with Crippen molar-refractivity contribution in [3.05, 3.63) is 40.9 Å². The molecule has 1 heterocycles. The largest absolute Gasteiger partial charge is 0.351 e. The average Bonchev–Trinajstić information content (AvgIpc) is 2.95. The van der Waals surface area contributed by atoms with Crippen molar-refractivity contribution in [2.45, 2.75) is 39.8 Å². The number of benzene rings is 1. The molecule has 0 bridgehead atoms. The molecule has 0 saturated heterocycles. The second-order valence-electron chi connectivity index (χ2n) is 6.97. The highest BCUT2D eigenvalue weighted by Gasteiger charge is 2.14. The Bertz CT molecular complexity index is 762. The van der Waals surface area contributed by atoms with Gasteiger partial charge in [-0.15, -0.1) is 11.3 Å². The van der Waals surface area contributed by atoms with Gasteiger partial charge in [-0.3, -0.25) is 9.79 Å². The van der Waals surface area contributed by atoms with Crippen molar-refractivity contribution in [3.63, 3.8) is 0 Å². The molecule has 140 valence electrons. The summed E-state index contributed by atoms with van der Waals surface area (Å²) in [5.74, 6) is 0.518. The Morgan fingerprint density at radius 1 is 1.19 bits per heavy atom. The first kappa shape index (κ1) is 19.9. The summed E-state index contributed by atoms with van der Waals surface area (Å²) in [6, 6.07) is 10.1. The number of hydrogen-bond acceptors (Lipinski definition) is 4. The number of amides is 1. The van der Waals surface area contributed by atoms with Crippen molar-refractivity contribution in [2.75, 3.05) is 13.6 Å². The number of nitrogens with one attached hydrogen (secondary N) is 3. The van der Waals surface area contributed by atoms with Gasteiger partial charge in [-0.25, -0.2) is 4.98 Å². The molecule has 6 nitrogen and oxygen atoms in total. The Hall–Kier alpha value is -2.41. The molecule has 0 radical (unpaired) electrons. The fourth-order valence-electron chi connectivity index (χ4n) is 2.31. The van der Waals surface area contributed by atoms with Gasteiger partial charge in [0.15, 0.2) is 5.96 Å². The molecule has 1 aromatic carbocycles. The summed E-state index contributed by atoms with van der Waals surface area (Å²) in [6.45, 7) is 8.65. The monoisotopic (exact) mass is 373 g/mol. The molecule has 0 atom stereocenters. The zero-order valence-electron chi connectivity index (χ0n) is 16.0. The fourth-order valence-corrected chi connectivity index (χ4v) is 3.31. The predicted octanol–water partition coefficient (Wildman–Crippen LogP) is 2.70. The van der Waals surface area contributed by atoms with Gasteiger partial charge in [0.05, 0.1) is 18.8 Å². The zero-order valence-corrected chi connectivity index (χ0v) is 16.8. The second kappa shape index (κ2) is 8.80. The summed E-state index contributed by atoms with van der Waals surface area (Å²) in [6.07, 6.45) is 0. The van der Waals surface area contributed by atoms with E-state index >= 15 is 0 Å². The van der Waals surface area contributed by atoms with Crippen molar-refractivity contribution >= 4 is 23.2 Å². The van der Waals surface area contributed by atoms with Gasteiger partial charge < -0.3 is 16.0 Å². The summed E-state index contributed by atoms with van der Waals surface area (Å²) in [7, 11) is 1.69. The molecule has 2 aromatic rings. The minimum Gasteiger partial charge on any atom is -0.351 e. The van der Waals surface area contributed by atoms with Crippen LogP contribution in [0.1, 0.15) is 31.3 Å². The van der Waals surface area contributed by atoms with E-state index in [-0.39, 0.29) is 18.0 Å². The maximum absolute atomic E-state index is 11.9. The molecule has 0 saturated carbocycles. The molecule has 2 rings (SSSR count). The number of carbonyl (C=O) groups excluding carboxylic acids is 1. The van der Waals surface area contributed by atoms with E-state index in [2.05, 4.69) is 38.1 Å². The normalized spacial score (nSPS) is 12.0. The first-order chi connectivity index (χ1) is 12.3. The number of nitrogens with zero attached hydrogens (tertiary/aromatic N) is 2. The van der Waals surface area contributed by atoms with Crippen LogP contribution < -0.4 is 16.0 Å². The summed E-state index contributed by atoms with van der Waals surface area (Å²) >= 11 is 1.66. The topological polar surface area (TPSA) is 78.4 Å². The highest BCUT2D eigenvalue weighted by molar-refractivity contribution is 7.15. The quantitative estimate of drug-likeness (QED) is 0.556. The van der Waals surface area contributed by atoms with E-state index in [1.807, 2.05) is 45.9 Å². The third kappa shape index (κ3) is 6.15. The molecule has 1 amide bonds. The number of hydrogen-bond donors (Lipinski definition) is 3. The van der Waals surface area contributed by atoms with Gasteiger partial charge in [0, 0.05) is 23.0 Å². The highest BCUT2D eigenvalue weighted by Crippen LogP contribution is 2.27. The third-order valence-electron chi connectivity index (χ3n) is 3.48. The van der Waals surface area contributed by atoms with Crippen LogP contribution in [0.5, 0.6) is 0 Å². The fraction of sp³-hybridized carbons (Fsp3) is 0.421. The molecule has 1 aromatic heterocycles. The molecule has 0 aliphatic carbocycles. The van der Waals surface area contributed by atoms with Crippen LogP contribution in [-0.2, 0) is 11.3 Å². The van der Waals surface area contributed by atoms with E-state index in [1.165, 1.54) is 0 Å². The van der Waals surface area contributed by atoms with Gasteiger partial charge in [-0.1, -0.05) is 30.3 Å². The first-order valence-electron chi connectivity index (χ1n) is 8.56. The smallest absolute Gasteiger partial charge is 0.239 e. The number of rotatable bonds is 5. The number of guanidine groups is 1. The number of aromatic nitrogens is 1. The lowest BCUT2D eigenvalue weighted by Crippen LogP contribution is -2.48. The maximum atomic E-state index is 11.9. The molecular weight excluding hydrogens is 346 g/mol. The first-order valence-corrected chi connectivity index (χ1v) is 9.37. The van der Waals surface area contributed by atoms with E-state index in [1.54, 1.807) is 18.4 Å². The van der Waals surface area contributed by atoms with Gasteiger partial charge in [-0.05, 0) is 27.7 Å². The Balaban J connectivity index is 1.91. The second-order valence-corrected chi connectivity index (χ2v) is 8.05. The molecule has 0 spiro atoms. The molecule has 26 heavy (non-hydrogen) atoms. The lowest BCUT2D eigenvalue weighted by Gasteiger charge is -2.21. The molecule has 3 N–H and O–H groups in total. The van der Waals surface area contributed by atoms with Crippen molar-refractivity contribution in [3.8, 4) is 10.6 Å². The molecule has 0 aliphatic rings. The maximum Gasteiger partial charge on any atom is 0.239 e. The average molecular weight is 374 g/mol. The Morgan fingerprint density at radius 2 is 1.88 bits per heavy atom. The molecule has 0 aliphatic heterocycles. The zero-order chi connectivity index (χ0) is 19.2. The Kier molecular flexibility index (Phi) is 6.74. The standard InChI is InChI=1S/C19H27N5OS/c1-13-15(26-17(23-13)14-9-7-6-8-10-14)11-21-18(20-5)22-12-16(25)24-19(2,3)4/h6-10H,11-12H2,1-5H3,(H,24,25)(H2,20,21,22). The minimum atomic E-state index is -0.247. The summed E-state index contributed by atoms with van der Waals surface area (Å²) < 4.78 is 0. The van der Waals surface area contributed by atoms with Crippen LogP contribution in [0.3, 0.4) is 0 Å². The van der Waals surface area contributed by atoms with E-state index in [0.717, 1.165) is 21.1 Å². The van der Waals surface area contributed by atoms with Gasteiger partial charge in [0.25, 0.3) is 0 Å². The predicted molar refractivity (Wildman–Crippen MR) is 108 cm³/mol. The van der Waals surface area contributed by atoms with Crippen LogP contribution in [0.2, 0.25) is 0 Å². The van der Waals surface area contributed by atoms with Crippen LogP contribution in [0.15, 0.2) is 35.3 Å². The van der Waals surface area contributed by atoms with Gasteiger partial charge >= 0.3 is 0 Å². The molecular formula is C19H27N5OS. The van der Waals surface area contributed by atoms with Gasteiger partial charge in [0.1, 0.15) is 5.01 Å². The summed E-state index contributed by atoms with van der Waals surface area (Å²) in [5, 5.41) is 10.2. The van der Waals surface area contributed by atoms with Gasteiger partial charge in [-0.2, -0.15) is 0 Å². The van der Waals surface area contributed by atoms with Crippen LogP contribution in [-0.4, -0.2) is 36.0 Å². The molecule has 0 unspecified atom stereocenters. The molecule has 7 heteroatoms. The van der Waals surface area contributed by atoms with Crippen molar-refractivity contribution in [1.82, 2.24) is 20.9 Å². The van der Waals surface area contributed by atoms with E-state index in [9.17, 15) is 4.79 Å². The van der Waals surface area contributed by atoms with Crippen molar-refractivity contribution < 1.29 is 4.79 Å². The Labute approximate surface area is 159 Å². The van der Waals surface area contributed by atoms with E-state index < -0.39 is 0 Å². The van der Waals surface area contributed by atoms with E-state index in [0.29, 0.717) is 12.5 Å². The number of aryl methyl sites for hydroxylation is 1. The van der Waals surface area contributed by atoms with Crippen LogP contribution in [0.25, 0.3) is 10.6 Å². The number of aliphatic imine (C=N–C) groups is 1. The number of thiazole rings is 1. The summed E-state index contributed by atoms with van der Waals surface area (Å²) in [4.78, 5) is 21.9. The van der Waals surface area contributed by atoms with Gasteiger partial charge in [0.2, 0.25) is 5.91 Å². The number of carbonyl (C=O) groups is 1. The van der Waals surface area contributed by atoms with Crippen LogP contribution in [0.4, 0.5) is 0 Å². The lowest BCUT2D eigenvalue weighted by atomic mass is 10.1. The molecule has 0 fully saturated rings. The lowest BCUT2D eigenvalue weighted by molar-refractivity contribution is -0.121. The summed E-state index contributed by atoms with van der Waals surface area (Å²) in [5.41, 5.74) is 1.87. The van der Waals surface area contributed by atoms with E-state index in [4.69, 9.17) is 0 Å². The third-order valence-corrected chi connectivity index (χ3v) is 4.69. The van der Waals surface area contributed by atoms with Crippen LogP contribution in [0, 0.1) is 6.92 Å². The SMILES string of the molecule is CN=C(NCC(=O)NC(C)(C)C)NCc1sc(-c2ccccc2)nc1C. The highest BCUT2D eigenvalue weighted by atomic mass is 32.1. The van der Waals surface area contributed by atoms with Crippen LogP contribution >= 0.6 is 11.3 Å².